The molecule has 1 aromatic carbocycles. The molecular formula is C11H14ClNO3. The molecule has 3 N–H and O–H groups in total. The van der Waals surface area contributed by atoms with E-state index in [0.29, 0.717) is 5.56 Å². The Morgan fingerprint density at radius 3 is 2.69 bits per heavy atom. The van der Waals surface area contributed by atoms with Gasteiger partial charge in [0.15, 0.2) is 11.5 Å². The number of rotatable bonds is 3. The van der Waals surface area contributed by atoms with Crippen LogP contribution in [0, 0.1) is 0 Å². The normalized spacial score (nSPS) is 11.1. The lowest BCUT2D eigenvalue weighted by Crippen LogP contribution is -2.07. The van der Waals surface area contributed by atoms with Gasteiger partial charge in [-0.1, -0.05) is 12.1 Å². The number of carbonyl (C=O) groups excluding carboxylic acids is 1. The van der Waals surface area contributed by atoms with E-state index >= 15 is 0 Å². The van der Waals surface area contributed by atoms with Crippen LogP contribution in [0.2, 0.25) is 0 Å². The molecule has 0 saturated carbocycles. The molecule has 1 rings (SSSR count). The highest BCUT2D eigenvalue weighted by molar-refractivity contribution is 5.85. The molecule has 1 atom stereocenters. The zero-order valence-corrected chi connectivity index (χ0v) is 9.66. The van der Waals surface area contributed by atoms with Crippen LogP contribution in [0.15, 0.2) is 30.9 Å². The number of phenolic OH excluding ortho intramolecular Hbond substituents is 1. The Balaban J connectivity index is 0.00000225. The van der Waals surface area contributed by atoms with E-state index < -0.39 is 5.97 Å². The molecule has 0 aromatic heterocycles. The number of esters is 1. The highest BCUT2D eigenvalue weighted by atomic mass is 35.5. The van der Waals surface area contributed by atoms with Gasteiger partial charge in [0.1, 0.15) is 0 Å². The van der Waals surface area contributed by atoms with Crippen molar-refractivity contribution in [3.05, 3.63) is 36.4 Å². The lowest BCUT2D eigenvalue weighted by Gasteiger charge is -2.09. The number of hydrogen-bond acceptors (Lipinski definition) is 4. The smallest absolute Gasteiger partial charge is 0.308 e. The average molecular weight is 244 g/mol. The van der Waals surface area contributed by atoms with Gasteiger partial charge >= 0.3 is 5.97 Å². The minimum Gasteiger partial charge on any atom is -0.504 e. The van der Waals surface area contributed by atoms with Crippen LogP contribution in [0.25, 0.3) is 0 Å². The first kappa shape index (κ1) is 14.5. The van der Waals surface area contributed by atoms with Gasteiger partial charge in [-0.05, 0) is 17.7 Å². The van der Waals surface area contributed by atoms with E-state index in [1.165, 1.54) is 19.1 Å². The minimum absolute atomic E-state index is 0. The maximum atomic E-state index is 10.7. The number of hydrogen-bond donors (Lipinski definition) is 2. The number of benzene rings is 1. The lowest BCUT2D eigenvalue weighted by atomic mass is 10.1. The first-order chi connectivity index (χ1) is 7.04. The van der Waals surface area contributed by atoms with Crippen molar-refractivity contribution in [2.24, 2.45) is 5.73 Å². The van der Waals surface area contributed by atoms with Crippen molar-refractivity contribution in [2.45, 2.75) is 13.0 Å². The molecule has 1 aromatic rings. The fraction of sp³-hybridized carbons (Fsp3) is 0.182. The van der Waals surface area contributed by atoms with Crippen molar-refractivity contribution in [2.75, 3.05) is 0 Å². The Kier molecular flexibility index (Phi) is 5.56. The molecule has 4 nitrogen and oxygen atoms in total. The summed E-state index contributed by atoms with van der Waals surface area (Å²) in [6, 6.07) is 4.27. The average Bonchev–Trinajstić information content (AvgIpc) is 2.19. The Labute approximate surface area is 100 Å². The van der Waals surface area contributed by atoms with Gasteiger partial charge in [-0.25, -0.2) is 0 Å². The van der Waals surface area contributed by atoms with Gasteiger partial charge in [0.05, 0.1) is 0 Å². The Hall–Kier alpha value is -1.52. The van der Waals surface area contributed by atoms with Crippen LogP contribution in [0.4, 0.5) is 0 Å². The molecule has 0 amide bonds. The van der Waals surface area contributed by atoms with Crippen molar-refractivity contribution in [1.82, 2.24) is 0 Å². The number of carbonyl (C=O) groups is 1. The second kappa shape index (κ2) is 6.15. The highest BCUT2D eigenvalue weighted by Gasteiger charge is 2.08. The maximum Gasteiger partial charge on any atom is 0.308 e. The Morgan fingerprint density at radius 2 is 2.25 bits per heavy atom. The van der Waals surface area contributed by atoms with Crippen molar-refractivity contribution in [1.29, 1.82) is 0 Å². The fourth-order valence-corrected chi connectivity index (χ4v) is 1.12. The molecule has 16 heavy (non-hydrogen) atoms. The van der Waals surface area contributed by atoms with Crippen LogP contribution in [-0.2, 0) is 4.79 Å². The molecular weight excluding hydrogens is 230 g/mol. The highest BCUT2D eigenvalue weighted by Crippen LogP contribution is 2.28. The third-order valence-electron chi connectivity index (χ3n) is 1.88. The Morgan fingerprint density at radius 1 is 1.62 bits per heavy atom. The summed E-state index contributed by atoms with van der Waals surface area (Å²) in [7, 11) is 0. The molecule has 0 aliphatic rings. The van der Waals surface area contributed by atoms with E-state index in [2.05, 4.69) is 6.58 Å². The summed E-state index contributed by atoms with van der Waals surface area (Å²) < 4.78 is 4.76. The molecule has 0 spiro atoms. The molecule has 0 saturated heterocycles. The van der Waals surface area contributed by atoms with Crippen LogP contribution in [-0.4, -0.2) is 11.1 Å². The maximum absolute atomic E-state index is 10.7. The summed E-state index contributed by atoms with van der Waals surface area (Å²) in [6.07, 6.45) is 1.56. The zero-order chi connectivity index (χ0) is 11.4. The van der Waals surface area contributed by atoms with Gasteiger partial charge in [-0.2, -0.15) is 0 Å². The standard InChI is InChI=1S/C11H13NO3.ClH/c1-3-9(12)8-4-5-11(10(14)6-8)15-7(2)13;/h3-6,9,14H,1,12H2,2H3;1H/t9-;/m0./s1. The number of ether oxygens (including phenoxy) is 1. The molecule has 0 aliphatic carbocycles. The van der Waals surface area contributed by atoms with Crippen molar-refractivity contribution < 1.29 is 14.6 Å². The topological polar surface area (TPSA) is 72.5 Å². The molecule has 0 aliphatic heterocycles. The van der Waals surface area contributed by atoms with Crippen LogP contribution in [0.3, 0.4) is 0 Å². The zero-order valence-electron chi connectivity index (χ0n) is 8.84. The summed E-state index contributed by atoms with van der Waals surface area (Å²) >= 11 is 0. The van der Waals surface area contributed by atoms with E-state index in [4.69, 9.17) is 10.5 Å². The van der Waals surface area contributed by atoms with Crippen LogP contribution in [0.1, 0.15) is 18.5 Å². The monoisotopic (exact) mass is 243 g/mol. The summed E-state index contributed by atoms with van der Waals surface area (Å²) in [5, 5.41) is 9.52. The largest absolute Gasteiger partial charge is 0.504 e. The lowest BCUT2D eigenvalue weighted by molar-refractivity contribution is -0.132. The van der Waals surface area contributed by atoms with E-state index in [9.17, 15) is 9.90 Å². The molecule has 0 unspecified atom stereocenters. The first-order valence-electron chi connectivity index (χ1n) is 4.44. The van der Waals surface area contributed by atoms with Gasteiger partial charge in [-0.3, -0.25) is 4.79 Å². The van der Waals surface area contributed by atoms with Gasteiger partial charge in [0.2, 0.25) is 0 Å². The summed E-state index contributed by atoms with van der Waals surface area (Å²) in [6.45, 7) is 4.81. The second-order valence-corrected chi connectivity index (χ2v) is 3.08. The molecule has 0 heterocycles. The second-order valence-electron chi connectivity index (χ2n) is 3.08. The van der Waals surface area contributed by atoms with Crippen molar-refractivity contribution >= 4 is 18.4 Å². The predicted molar refractivity (Wildman–Crippen MR) is 63.8 cm³/mol. The predicted octanol–water partition coefficient (Wildman–Crippen LogP) is 1.93. The SMILES string of the molecule is C=C[C@H](N)c1ccc(OC(C)=O)c(O)c1.Cl. The van der Waals surface area contributed by atoms with E-state index in [1.54, 1.807) is 12.1 Å². The molecule has 0 radical (unpaired) electrons. The van der Waals surface area contributed by atoms with Crippen LogP contribution < -0.4 is 10.5 Å². The van der Waals surface area contributed by atoms with Crippen molar-refractivity contribution in [3.63, 3.8) is 0 Å². The summed E-state index contributed by atoms with van der Waals surface area (Å²) in [4.78, 5) is 10.7. The molecule has 0 bridgehead atoms. The van der Waals surface area contributed by atoms with Gasteiger partial charge in [-0.15, -0.1) is 19.0 Å². The molecule has 0 fully saturated rings. The molecule has 88 valence electrons. The molecule has 5 heteroatoms. The first-order valence-corrected chi connectivity index (χ1v) is 4.44. The van der Waals surface area contributed by atoms with Crippen LogP contribution in [0.5, 0.6) is 11.5 Å². The van der Waals surface area contributed by atoms with E-state index in [0.717, 1.165) is 0 Å². The van der Waals surface area contributed by atoms with Crippen molar-refractivity contribution in [3.8, 4) is 11.5 Å². The number of nitrogens with two attached hydrogens (primary N) is 1. The number of aromatic hydroxyl groups is 1. The summed E-state index contributed by atoms with van der Waals surface area (Å²) in [5.74, 6) is -0.464. The number of phenols is 1. The van der Waals surface area contributed by atoms with Crippen LogP contribution >= 0.6 is 12.4 Å². The van der Waals surface area contributed by atoms with Gasteiger partial charge in [0.25, 0.3) is 0 Å². The van der Waals surface area contributed by atoms with Gasteiger partial charge < -0.3 is 15.6 Å². The minimum atomic E-state index is -0.480. The van der Waals surface area contributed by atoms with Gasteiger partial charge in [0, 0.05) is 13.0 Å². The van der Waals surface area contributed by atoms with E-state index in [-0.39, 0.29) is 29.9 Å². The number of halogens is 1. The fourth-order valence-electron chi connectivity index (χ4n) is 1.12. The Bertz CT molecular complexity index is 393. The third-order valence-corrected chi connectivity index (χ3v) is 1.88. The quantitative estimate of drug-likeness (QED) is 0.483. The third kappa shape index (κ3) is 3.56. The summed E-state index contributed by atoms with van der Waals surface area (Å²) in [5.41, 5.74) is 6.38. The van der Waals surface area contributed by atoms with E-state index in [1.807, 2.05) is 0 Å².